The summed E-state index contributed by atoms with van der Waals surface area (Å²) in [4.78, 5) is 19.3. The molecule has 1 saturated carbocycles. The molecule has 0 aliphatic heterocycles. The van der Waals surface area contributed by atoms with Gasteiger partial charge in [0, 0.05) is 36.1 Å². The Morgan fingerprint density at radius 3 is 2.60 bits per heavy atom. The minimum absolute atomic E-state index is 0.0763. The molecule has 0 radical (unpaired) electrons. The van der Waals surface area contributed by atoms with Crippen LogP contribution < -0.4 is 15.2 Å². The molecular weight excluding hydrogens is 568 g/mol. The summed E-state index contributed by atoms with van der Waals surface area (Å²) in [6, 6.07) is 5.73. The van der Waals surface area contributed by atoms with Gasteiger partial charge < -0.3 is 34.1 Å². The summed E-state index contributed by atoms with van der Waals surface area (Å²) in [6.07, 6.45) is 20.4. The third-order valence-electron chi connectivity index (χ3n) is 7.19. The fourth-order valence-corrected chi connectivity index (χ4v) is 4.76. The van der Waals surface area contributed by atoms with Crippen LogP contribution in [0.1, 0.15) is 44.5 Å². The van der Waals surface area contributed by atoms with Gasteiger partial charge >= 0.3 is 0 Å². The van der Waals surface area contributed by atoms with Crippen molar-refractivity contribution in [2.75, 3.05) is 34.0 Å². The number of ketones is 1. The number of imidazole rings is 1. The van der Waals surface area contributed by atoms with Crippen LogP contribution in [0.2, 0.25) is 0 Å². The number of nitrogens with zero attached hydrogens (tertiary/aromatic N) is 3. The number of aryl methyl sites for hydroxylation is 1. The van der Waals surface area contributed by atoms with Crippen LogP contribution in [0.15, 0.2) is 108 Å². The average molecular weight is 615 g/mol. The Bertz CT molecular complexity index is 1490. The molecule has 1 aliphatic rings. The molecule has 1 fully saturated rings. The molecule has 45 heavy (non-hydrogen) atoms. The SMILES string of the molecule is C=C(C)N(/C=C\N)CCOC(/C=C\C)=C(/C=C/C/C=C1\CC/C(=C\c2ccc(OCCn3ccnc3C)c(OC)c2)C1=O)OC. The minimum Gasteiger partial charge on any atom is -0.493 e. The standard InChI is InChI=1S/C36H46N4O5/c1-7-10-33(44-23-21-39(19-17-37)27(2)3)32(42-5)12-9-8-11-30-14-15-31(36(30)41)25-29-13-16-34(35(26-29)43-6)45-24-22-40-20-18-38-28(40)4/h7,9-13,16-20,25-26H,2,8,14-15,21-24,37H2,1,3-6H3/b10-7-,12-9+,19-17-,30-11+,31-25+,33-32-. The largest absolute Gasteiger partial charge is 0.493 e. The third kappa shape index (κ3) is 10.3. The molecule has 0 amide bonds. The van der Waals surface area contributed by atoms with E-state index >= 15 is 0 Å². The lowest BCUT2D eigenvalue weighted by molar-refractivity contribution is -0.111. The number of aromatic nitrogens is 2. The lowest BCUT2D eigenvalue weighted by atomic mass is 10.1. The molecule has 1 aliphatic carbocycles. The zero-order valence-corrected chi connectivity index (χ0v) is 27.1. The van der Waals surface area contributed by atoms with Crippen LogP contribution in [0.25, 0.3) is 6.08 Å². The van der Waals surface area contributed by atoms with Crippen molar-refractivity contribution in [2.45, 2.75) is 46.6 Å². The third-order valence-corrected chi connectivity index (χ3v) is 7.19. The van der Waals surface area contributed by atoms with E-state index in [2.05, 4.69) is 11.6 Å². The molecule has 0 saturated heterocycles. The first-order valence-corrected chi connectivity index (χ1v) is 15.0. The molecule has 0 spiro atoms. The normalized spacial score (nSPS) is 15.9. The zero-order chi connectivity index (χ0) is 32.6. The fourth-order valence-electron chi connectivity index (χ4n) is 4.76. The minimum atomic E-state index is 0.0763. The van der Waals surface area contributed by atoms with Gasteiger partial charge in [0.1, 0.15) is 19.0 Å². The summed E-state index contributed by atoms with van der Waals surface area (Å²) >= 11 is 0. The van der Waals surface area contributed by atoms with E-state index in [0.717, 1.165) is 28.2 Å². The molecule has 9 nitrogen and oxygen atoms in total. The van der Waals surface area contributed by atoms with Gasteiger partial charge in [-0.15, -0.1) is 0 Å². The Morgan fingerprint density at radius 1 is 1.13 bits per heavy atom. The summed E-state index contributed by atoms with van der Waals surface area (Å²) in [5.41, 5.74) is 8.89. The van der Waals surface area contributed by atoms with Crippen LogP contribution >= 0.6 is 0 Å². The maximum atomic E-state index is 13.1. The number of Topliss-reactive ketones (excluding diaryl/α,β-unsaturated/α-hetero) is 1. The molecule has 0 atom stereocenters. The molecule has 1 aromatic carbocycles. The number of nitrogens with two attached hydrogens (primary N) is 1. The first-order valence-electron chi connectivity index (χ1n) is 15.0. The molecular formula is C36H46N4O5. The van der Waals surface area contributed by atoms with E-state index in [1.807, 2.05) is 91.1 Å². The Labute approximate surface area is 267 Å². The highest BCUT2D eigenvalue weighted by atomic mass is 16.5. The van der Waals surface area contributed by atoms with Gasteiger partial charge in [0.2, 0.25) is 0 Å². The van der Waals surface area contributed by atoms with E-state index in [9.17, 15) is 4.79 Å². The topological polar surface area (TPSA) is 101 Å². The van der Waals surface area contributed by atoms with Crippen molar-refractivity contribution in [3.8, 4) is 11.5 Å². The second kappa shape index (κ2) is 18.0. The second-order valence-corrected chi connectivity index (χ2v) is 10.3. The van der Waals surface area contributed by atoms with Crippen LogP contribution in [-0.4, -0.2) is 54.2 Å². The highest BCUT2D eigenvalue weighted by Crippen LogP contribution is 2.32. The van der Waals surface area contributed by atoms with Crippen molar-refractivity contribution in [1.29, 1.82) is 0 Å². The van der Waals surface area contributed by atoms with Crippen LogP contribution in [-0.2, 0) is 20.8 Å². The maximum Gasteiger partial charge on any atom is 0.184 e. The number of rotatable bonds is 17. The Hall–Kier alpha value is -4.92. The highest BCUT2D eigenvalue weighted by molar-refractivity contribution is 6.13. The van der Waals surface area contributed by atoms with Gasteiger partial charge in [-0.1, -0.05) is 30.9 Å². The highest BCUT2D eigenvalue weighted by Gasteiger charge is 2.22. The molecule has 1 aromatic heterocycles. The average Bonchev–Trinajstić information content (AvgIpc) is 3.60. The molecule has 2 aromatic rings. The summed E-state index contributed by atoms with van der Waals surface area (Å²) < 4.78 is 25.2. The summed E-state index contributed by atoms with van der Waals surface area (Å²) in [7, 11) is 3.22. The first kappa shape index (κ1) is 34.6. The number of carbonyl (C=O) groups is 1. The van der Waals surface area contributed by atoms with Gasteiger partial charge in [-0.05, 0) is 81.5 Å². The van der Waals surface area contributed by atoms with Crippen LogP contribution in [0.4, 0.5) is 0 Å². The van der Waals surface area contributed by atoms with Gasteiger partial charge in [0.05, 0.1) is 27.3 Å². The van der Waals surface area contributed by atoms with Crippen LogP contribution in [0.5, 0.6) is 11.5 Å². The number of hydrogen-bond acceptors (Lipinski definition) is 8. The number of benzene rings is 1. The van der Waals surface area contributed by atoms with Crippen molar-refractivity contribution < 1.29 is 23.7 Å². The number of hydrogen-bond donors (Lipinski definition) is 1. The fraction of sp³-hybridized carbons (Fsp3) is 0.333. The lowest BCUT2D eigenvalue weighted by Gasteiger charge is -2.20. The van der Waals surface area contributed by atoms with Crippen molar-refractivity contribution in [3.63, 3.8) is 0 Å². The lowest BCUT2D eigenvalue weighted by Crippen LogP contribution is -2.20. The number of ether oxygens (including phenoxy) is 4. The van der Waals surface area contributed by atoms with E-state index in [1.165, 1.54) is 6.20 Å². The van der Waals surface area contributed by atoms with E-state index < -0.39 is 0 Å². The molecule has 240 valence electrons. The van der Waals surface area contributed by atoms with Crippen LogP contribution in [0.3, 0.4) is 0 Å². The number of methoxy groups -OCH3 is 2. The van der Waals surface area contributed by atoms with Crippen molar-refractivity contribution in [2.24, 2.45) is 5.73 Å². The predicted octanol–water partition coefficient (Wildman–Crippen LogP) is 6.61. The zero-order valence-electron chi connectivity index (χ0n) is 27.1. The molecule has 1 heterocycles. The molecule has 0 unspecified atom stereocenters. The second-order valence-electron chi connectivity index (χ2n) is 10.3. The smallest absolute Gasteiger partial charge is 0.184 e. The van der Waals surface area contributed by atoms with Crippen molar-refractivity contribution in [3.05, 3.63) is 120 Å². The molecule has 3 rings (SSSR count). The maximum absolute atomic E-state index is 13.1. The predicted molar refractivity (Wildman–Crippen MR) is 179 cm³/mol. The van der Waals surface area contributed by atoms with E-state index in [-0.39, 0.29) is 5.78 Å². The van der Waals surface area contributed by atoms with Gasteiger partial charge in [-0.3, -0.25) is 4.79 Å². The number of allylic oxidation sites excluding steroid dienone is 8. The van der Waals surface area contributed by atoms with Gasteiger partial charge in [0.25, 0.3) is 0 Å². The molecule has 0 bridgehead atoms. The Morgan fingerprint density at radius 2 is 1.93 bits per heavy atom. The quantitative estimate of drug-likeness (QED) is 0.121. The molecule has 9 heteroatoms. The summed E-state index contributed by atoms with van der Waals surface area (Å²) in [5.74, 6) is 3.52. The van der Waals surface area contributed by atoms with Crippen molar-refractivity contribution in [1.82, 2.24) is 14.5 Å². The van der Waals surface area contributed by atoms with E-state index in [1.54, 1.807) is 26.6 Å². The van der Waals surface area contributed by atoms with E-state index in [4.69, 9.17) is 24.7 Å². The van der Waals surface area contributed by atoms with Crippen LogP contribution in [0, 0.1) is 6.92 Å². The van der Waals surface area contributed by atoms with Crippen molar-refractivity contribution >= 4 is 11.9 Å². The molecule has 2 N–H and O–H groups in total. The van der Waals surface area contributed by atoms with Gasteiger partial charge in [-0.25, -0.2) is 4.98 Å². The number of carbonyl (C=O) groups excluding carboxylic acids is 1. The summed E-state index contributed by atoms with van der Waals surface area (Å²) in [6.45, 7) is 11.9. The van der Waals surface area contributed by atoms with Gasteiger partial charge in [-0.2, -0.15) is 0 Å². The Kier molecular flexibility index (Phi) is 13.8. The van der Waals surface area contributed by atoms with E-state index in [0.29, 0.717) is 68.6 Å². The first-order chi connectivity index (χ1) is 21.8. The Balaban J connectivity index is 1.60. The van der Waals surface area contributed by atoms with Gasteiger partial charge in [0.15, 0.2) is 28.8 Å². The monoisotopic (exact) mass is 614 g/mol. The summed E-state index contributed by atoms with van der Waals surface area (Å²) in [5, 5.41) is 0.